The molecule has 1 unspecified atom stereocenters. The van der Waals surface area contributed by atoms with Crippen molar-refractivity contribution in [2.24, 2.45) is 0 Å². The summed E-state index contributed by atoms with van der Waals surface area (Å²) in [4.78, 5) is 25.9. The van der Waals surface area contributed by atoms with Gasteiger partial charge in [-0.15, -0.1) is 11.3 Å². The van der Waals surface area contributed by atoms with E-state index >= 15 is 0 Å². The van der Waals surface area contributed by atoms with E-state index < -0.39 is 0 Å². The van der Waals surface area contributed by atoms with Crippen molar-refractivity contribution in [2.45, 2.75) is 38.3 Å². The number of likely N-dealkylation sites (N-methyl/N-ethyl adjacent to an activating group) is 1. The number of benzene rings is 1. The van der Waals surface area contributed by atoms with Gasteiger partial charge in [0.2, 0.25) is 0 Å². The topological polar surface area (TPSA) is 108 Å². The lowest BCUT2D eigenvalue weighted by atomic mass is 9.97. The molecular formula is C27H29N7O2S. The molecule has 1 atom stereocenters. The average molecular weight is 516 g/mol. The Labute approximate surface area is 219 Å². The SMILES string of the molecule is CN(C)C1CCc2nc(NC(=O)c3cccc(CNc4ncc(-c5cn[nH]c5)c5c4CCO5)c3)sc2C1. The molecule has 1 aromatic carbocycles. The first-order valence-electron chi connectivity index (χ1n) is 12.5. The molecule has 3 aromatic heterocycles. The van der Waals surface area contributed by atoms with Crippen molar-refractivity contribution in [3.05, 3.63) is 70.1 Å². The second-order valence-corrected chi connectivity index (χ2v) is 10.8. The molecule has 9 nitrogen and oxygen atoms in total. The number of hydrogen-bond acceptors (Lipinski definition) is 8. The highest BCUT2D eigenvalue weighted by Crippen LogP contribution is 2.39. The van der Waals surface area contributed by atoms with Crippen molar-refractivity contribution in [3.8, 4) is 16.9 Å². The molecule has 2 aliphatic rings. The number of hydrogen-bond donors (Lipinski definition) is 3. The number of ether oxygens (including phenoxy) is 1. The van der Waals surface area contributed by atoms with Crippen LogP contribution in [0.4, 0.5) is 10.9 Å². The maximum absolute atomic E-state index is 13.0. The van der Waals surface area contributed by atoms with Gasteiger partial charge in [0, 0.05) is 58.5 Å². The molecule has 4 heterocycles. The number of nitrogens with zero attached hydrogens (tertiary/aromatic N) is 4. The molecule has 0 spiro atoms. The molecule has 0 radical (unpaired) electrons. The summed E-state index contributed by atoms with van der Waals surface area (Å²) in [7, 11) is 4.24. The van der Waals surface area contributed by atoms with Gasteiger partial charge in [0.25, 0.3) is 5.91 Å². The number of rotatable bonds is 7. The number of H-pyrrole nitrogens is 1. The van der Waals surface area contributed by atoms with Crippen molar-refractivity contribution < 1.29 is 9.53 Å². The predicted octanol–water partition coefficient (Wildman–Crippen LogP) is 4.15. The average Bonchev–Trinajstić information content (AvgIpc) is 3.68. The summed E-state index contributed by atoms with van der Waals surface area (Å²) in [6, 6.07) is 8.18. The Morgan fingerprint density at radius 1 is 1.27 bits per heavy atom. The van der Waals surface area contributed by atoms with E-state index in [1.54, 1.807) is 17.5 Å². The van der Waals surface area contributed by atoms with E-state index in [9.17, 15) is 4.79 Å². The molecule has 0 saturated heterocycles. The second-order valence-electron chi connectivity index (χ2n) is 9.67. The van der Waals surface area contributed by atoms with Crippen molar-refractivity contribution in [1.82, 2.24) is 25.1 Å². The van der Waals surface area contributed by atoms with Crippen LogP contribution in [0.1, 0.15) is 38.5 Å². The van der Waals surface area contributed by atoms with Crippen molar-refractivity contribution in [1.29, 1.82) is 0 Å². The van der Waals surface area contributed by atoms with E-state index in [2.05, 4.69) is 44.8 Å². The number of anilines is 2. The first-order chi connectivity index (χ1) is 18.0. The number of amides is 1. The zero-order valence-corrected chi connectivity index (χ0v) is 21.7. The maximum atomic E-state index is 13.0. The highest BCUT2D eigenvalue weighted by atomic mass is 32.1. The lowest BCUT2D eigenvalue weighted by Gasteiger charge is -2.27. The third-order valence-electron chi connectivity index (χ3n) is 7.05. The van der Waals surface area contributed by atoms with Crippen LogP contribution in [-0.2, 0) is 25.8 Å². The van der Waals surface area contributed by atoms with Crippen LogP contribution in [0.3, 0.4) is 0 Å². The van der Waals surface area contributed by atoms with Crippen molar-refractivity contribution in [3.63, 3.8) is 0 Å². The Kier molecular flexibility index (Phi) is 6.35. The summed E-state index contributed by atoms with van der Waals surface area (Å²) in [6.45, 7) is 1.18. The molecule has 4 aromatic rings. The van der Waals surface area contributed by atoms with Crippen LogP contribution in [0.5, 0.6) is 5.75 Å². The predicted molar refractivity (Wildman–Crippen MR) is 144 cm³/mol. The van der Waals surface area contributed by atoms with E-state index in [0.717, 1.165) is 65.2 Å². The van der Waals surface area contributed by atoms with Crippen LogP contribution in [0.25, 0.3) is 11.1 Å². The number of aryl methyl sites for hydroxylation is 1. The molecule has 0 saturated carbocycles. The fraction of sp³-hybridized carbons (Fsp3) is 0.333. The third-order valence-corrected chi connectivity index (χ3v) is 8.08. The zero-order valence-electron chi connectivity index (χ0n) is 20.9. The van der Waals surface area contributed by atoms with Crippen LogP contribution in [-0.4, -0.2) is 57.7 Å². The number of pyridine rings is 1. The van der Waals surface area contributed by atoms with Gasteiger partial charge in [-0.1, -0.05) is 12.1 Å². The fourth-order valence-electron chi connectivity index (χ4n) is 4.97. The highest BCUT2D eigenvalue weighted by molar-refractivity contribution is 7.15. The quantitative estimate of drug-likeness (QED) is 0.339. The summed E-state index contributed by atoms with van der Waals surface area (Å²) in [5.41, 5.74) is 5.68. The number of aromatic amines is 1. The van der Waals surface area contributed by atoms with Gasteiger partial charge >= 0.3 is 0 Å². The first kappa shape index (κ1) is 23.6. The molecule has 0 bridgehead atoms. The number of thiazole rings is 1. The molecule has 10 heteroatoms. The Hall–Kier alpha value is -3.76. The summed E-state index contributed by atoms with van der Waals surface area (Å²) in [6.07, 6.45) is 9.26. The van der Waals surface area contributed by atoms with E-state index in [4.69, 9.17) is 9.72 Å². The minimum absolute atomic E-state index is 0.144. The van der Waals surface area contributed by atoms with Crippen LogP contribution in [0, 0.1) is 0 Å². The van der Waals surface area contributed by atoms with Crippen molar-refractivity contribution in [2.75, 3.05) is 31.3 Å². The molecule has 3 N–H and O–H groups in total. The van der Waals surface area contributed by atoms with Gasteiger partial charge in [-0.2, -0.15) is 5.10 Å². The van der Waals surface area contributed by atoms with E-state index in [-0.39, 0.29) is 5.91 Å². The summed E-state index contributed by atoms with van der Waals surface area (Å²) in [5.74, 6) is 1.52. The minimum Gasteiger partial charge on any atom is -0.492 e. The van der Waals surface area contributed by atoms with Gasteiger partial charge in [0.05, 0.1) is 18.5 Å². The fourth-order valence-corrected chi connectivity index (χ4v) is 6.05. The Balaban J connectivity index is 1.13. The number of carbonyl (C=O) groups excluding carboxylic acids is 1. The Morgan fingerprint density at radius 2 is 2.19 bits per heavy atom. The van der Waals surface area contributed by atoms with Crippen molar-refractivity contribution >= 4 is 28.2 Å². The standard InChI is InChI=1S/C27H29N7O2S/c1-34(2)19-6-7-22-23(11-19)37-27(32-22)33-26(35)17-5-3-4-16(10-17)12-28-25-20-8-9-36-24(20)21(15-29-25)18-13-30-31-14-18/h3-5,10,13-15,19H,6-9,11-12H2,1-2H3,(H,28,29)(H,30,31)(H,32,33,35). The maximum Gasteiger partial charge on any atom is 0.257 e. The monoisotopic (exact) mass is 515 g/mol. The molecular weight excluding hydrogens is 486 g/mol. The molecule has 1 aliphatic heterocycles. The normalized spacial score (nSPS) is 16.2. The van der Waals surface area contributed by atoms with Gasteiger partial charge in [0.1, 0.15) is 11.6 Å². The first-order valence-corrected chi connectivity index (χ1v) is 13.3. The van der Waals surface area contributed by atoms with Gasteiger partial charge in [-0.05, 0) is 51.1 Å². The molecule has 190 valence electrons. The van der Waals surface area contributed by atoms with Gasteiger partial charge < -0.3 is 15.0 Å². The summed E-state index contributed by atoms with van der Waals surface area (Å²) in [5, 5.41) is 14.0. The Bertz CT molecular complexity index is 1430. The van der Waals surface area contributed by atoms with E-state index in [0.29, 0.717) is 29.9 Å². The largest absolute Gasteiger partial charge is 0.492 e. The van der Waals surface area contributed by atoms with E-state index in [1.165, 1.54) is 4.88 Å². The highest BCUT2D eigenvalue weighted by Gasteiger charge is 2.25. The molecule has 0 fully saturated rings. The summed E-state index contributed by atoms with van der Waals surface area (Å²) < 4.78 is 5.92. The third kappa shape index (κ3) is 4.82. The van der Waals surface area contributed by atoms with Crippen LogP contribution in [0.2, 0.25) is 0 Å². The lowest BCUT2D eigenvalue weighted by Crippen LogP contribution is -2.32. The minimum atomic E-state index is -0.144. The summed E-state index contributed by atoms with van der Waals surface area (Å²) >= 11 is 1.59. The number of carbonyl (C=O) groups is 1. The van der Waals surface area contributed by atoms with E-state index in [1.807, 2.05) is 36.7 Å². The van der Waals surface area contributed by atoms with Crippen LogP contribution < -0.4 is 15.4 Å². The zero-order chi connectivity index (χ0) is 25.4. The Morgan fingerprint density at radius 3 is 3.03 bits per heavy atom. The van der Waals surface area contributed by atoms with Gasteiger partial charge in [0.15, 0.2) is 5.13 Å². The molecule has 1 amide bonds. The molecule has 6 rings (SSSR count). The lowest BCUT2D eigenvalue weighted by molar-refractivity contribution is 0.102. The molecule has 37 heavy (non-hydrogen) atoms. The van der Waals surface area contributed by atoms with Crippen LogP contribution in [0.15, 0.2) is 42.9 Å². The smallest absolute Gasteiger partial charge is 0.257 e. The van der Waals surface area contributed by atoms with Gasteiger partial charge in [-0.3, -0.25) is 15.2 Å². The molecule has 1 aliphatic carbocycles. The van der Waals surface area contributed by atoms with Gasteiger partial charge in [-0.25, -0.2) is 9.97 Å². The van der Waals surface area contributed by atoms with Crippen LogP contribution >= 0.6 is 11.3 Å². The number of fused-ring (bicyclic) bond motifs is 2. The number of aromatic nitrogens is 4. The number of nitrogens with one attached hydrogen (secondary N) is 3. The second kappa shape index (κ2) is 9.95.